The number of fused-ring (bicyclic) bond motifs is 1. The van der Waals surface area contributed by atoms with E-state index in [2.05, 4.69) is 21.1 Å². The van der Waals surface area contributed by atoms with E-state index in [4.69, 9.17) is 5.26 Å². The van der Waals surface area contributed by atoms with Gasteiger partial charge in [0.1, 0.15) is 11.6 Å². The van der Waals surface area contributed by atoms with Crippen LogP contribution in [0.2, 0.25) is 0 Å². The molecule has 4 heterocycles. The third kappa shape index (κ3) is 3.05. The Bertz CT molecular complexity index is 1130. The minimum Gasteiger partial charge on any atom is -0.263 e. The van der Waals surface area contributed by atoms with E-state index in [1.54, 1.807) is 35.4 Å². The molecule has 0 atom stereocenters. The number of alkyl halides is 2. The van der Waals surface area contributed by atoms with E-state index < -0.39 is 6.43 Å². The van der Waals surface area contributed by atoms with Gasteiger partial charge in [0.15, 0.2) is 0 Å². The number of rotatable bonds is 4. The van der Waals surface area contributed by atoms with Crippen LogP contribution in [0.15, 0.2) is 49.1 Å². The maximum Gasteiger partial charge on any atom is 0.272 e. The van der Waals surface area contributed by atoms with Crippen LogP contribution in [0.5, 0.6) is 0 Å². The molecule has 0 N–H and O–H groups in total. The Balaban J connectivity index is 1.71. The highest BCUT2D eigenvalue weighted by atomic mass is 32.1. The first-order valence-corrected chi connectivity index (χ1v) is 8.49. The number of pyridine rings is 2. The van der Waals surface area contributed by atoms with Gasteiger partial charge in [-0.3, -0.25) is 14.6 Å². The molecule has 0 spiro atoms. The molecule has 0 bridgehead atoms. The van der Waals surface area contributed by atoms with Crippen LogP contribution >= 0.6 is 11.3 Å². The Hall–Kier alpha value is -3.18. The molecule has 4 aromatic heterocycles. The van der Waals surface area contributed by atoms with Gasteiger partial charge in [-0.15, -0.1) is 11.3 Å². The van der Waals surface area contributed by atoms with Gasteiger partial charge >= 0.3 is 0 Å². The summed E-state index contributed by atoms with van der Waals surface area (Å²) in [5.74, 6) is 0. The number of hydrogen-bond acceptors (Lipinski definition) is 5. The fourth-order valence-electron chi connectivity index (χ4n) is 2.65. The minimum absolute atomic E-state index is 0.0352. The number of thiophene rings is 1. The SMILES string of the molecule is N#Cc1cncc(Cn2ncc3ncc(-c4ccc(C(F)F)s4)cc32)c1. The summed E-state index contributed by atoms with van der Waals surface area (Å²) in [6.45, 7) is 0.434. The lowest BCUT2D eigenvalue weighted by molar-refractivity contribution is 0.155. The van der Waals surface area contributed by atoms with Gasteiger partial charge in [-0.25, -0.2) is 8.78 Å². The van der Waals surface area contributed by atoms with Crippen LogP contribution < -0.4 is 0 Å². The standard InChI is InChI=1S/C18H11F2N5S/c19-18(20)17-2-1-16(26-17)13-4-15-14(23-8-13)9-24-25(15)10-12-3-11(5-21)6-22-7-12/h1-4,6-9,18H,10H2. The third-order valence-corrected chi connectivity index (χ3v) is 5.02. The highest BCUT2D eigenvalue weighted by Crippen LogP contribution is 2.34. The predicted molar refractivity (Wildman–Crippen MR) is 93.9 cm³/mol. The molecule has 26 heavy (non-hydrogen) atoms. The summed E-state index contributed by atoms with van der Waals surface area (Å²) in [5, 5.41) is 13.3. The summed E-state index contributed by atoms with van der Waals surface area (Å²) in [4.78, 5) is 9.19. The van der Waals surface area contributed by atoms with Crippen LogP contribution in [0, 0.1) is 11.3 Å². The Kier molecular flexibility index (Phi) is 4.14. The van der Waals surface area contributed by atoms with Gasteiger partial charge in [0, 0.05) is 29.0 Å². The van der Waals surface area contributed by atoms with Crippen LogP contribution in [0.1, 0.15) is 22.4 Å². The Morgan fingerprint density at radius 2 is 2.04 bits per heavy atom. The molecule has 128 valence electrons. The van der Waals surface area contributed by atoms with Crippen molar-refractivity contribution in [3.63, 3.8) is 0 Å². The van der Waals surface area contributed by atoms with Crippen molar-refractivity contribution in [2.24, 2.45) is 0 Å². The Morgan fingerprint density at radius 1 is 1.15 bits per heavy atom. The molecule has 0 saturated heterocycles. The summed E-state index contributed by atoms with van der Waals surface area (Å²) in [7, 11) is 0. The average molecular weight is 367 g/mol. The fourth-order valence-corrected chi connectivity index (χ4v) is 3.50. The van der Waals surface area contributed by atoms with Gasteiger partial charge in [0.2, 0.25) is 0 Å². The molecule has 0 unspecified atom stereocenters. The minimum atomic E-state index is -2.48. The lowest BCUT2D eigenvalue weighted by Crippen LogP contribution is -2.02. The largest absolute Gasteiger partial charge is 0.272 e. The predicted octanol–water partition coefficient (Wildman–Crippen LogP) is 4.41. The number of nitriles is 1. The van der Waals surface area contributed by atoms with Gasteiger partial charge < -0.3 is 0 Å². The molecule has 4 rings (SSSR count). The normalized spacial score (nSPS) is 11.2. The molecule has 0 aliphatic rings. The average Bonchev–Trinajstić information content (AvgIpc) is 3.29. The number of halogens is 2. The first kappa shape index (κ1) is 16.3. The van der Waals surface area contributed by atoms with E-state index >= 15 is 0 Å². The van der Waals surface area contributed by atoms with E-state index in [1.807, 2.05) is 6.07 Å². The smallest absolute Gasteiger partial charge is 0.263 e. The van der Waals surface area contributed by atoms with Crippen molar-refractivity contribution < 1.29 is 8.78 Å². The second-order valence-electron chi connectivity index (χ2n) is 5.63. The van der Waals surface area contributed by atoms with Crippen molar-refractivity contribution in [3.05, 3.63) is 65.1 Å². The molecule has 0 aliphatic heterocycles. The van der Waals surface area contributed by atoms with Crippen LogP contribution in [-0.4, -0.2) is 19.7 Å². The van der Waals surface area contributed by atoms with Crippen LogP contribution in [0.25, 0.3) is 21.5 Å². The molecule has 0 aromatic carbocycles. The molecule has 5 nitrogen and oxygen atoms in total. The summed E-state index contributed by atoms with van der Waals surface area (Å²) in [6.07, 6.45) is 4.02. The first-order chi connectivity index (χ1) is 12.6. The zero-order chi connectivity index (χ0) is 18.1. The van der Waals surface area contributed by atoms with E-state index in [9.17, 15) is 8.78 Å². The Morgan fingerprint density at radius 3 is 2.81 bits per heavy atom. The highest BCUT2D eigenvalue weighted by molar-refractivity contribution is 7.15. The summed E-state index contributed by atoms with van der Waals surface area (Å²) >= 11 is 1.05. The number of aromatic nitrogens is 4. The van der Waals surface area contributed by atoms with Crippen molar-refractivity contribution >= 4 is 22.4 Å². The maximum atomic E-state index is 12.8. The molecule has 0 saturated carbocycles. The van der Waals surface area contributed by atoms with Crippen LogP contribution in [0.3, 0.4) is 0 Å². The maximum absolute atomic E-state index is 12.8. The molecule has 0 fully saturated rings. The van der Waals surface area contributed by atoms with Gasteiger partial charge in [-0.2, -0.15) is 10.4 Å². The van der Waals surface area contributed by atoms with E-state index in [1.165, 1.54) is 12.3 Å². The highest BCUT2D eigenvalue weighted by Gasteiger charge is 2.13. The van der Waals surface area contributed by atoms with Gasteiger partial charge in [0.25, 0.3) is 6.43 Å². The summed E-state index contributed by atoms with van der Waals surface area (Å²) < 4.78 is 27.4. The van der Waals surface area contributed by atoms with E-state index in [-0.39, 0.29) is 4.88 Å². The topological polar surface area (TPSA) is 67.4 Å². The Labute approximate surface area is 151 Å². The van der Waals surface area contributed by atoms with Crippen molar-refractivity contribution in [1.29, 1.82) is 5.26 Å². The van der Waals surface area contributed by atoms with Crippen molar-refractivity contribution in [1.82, 2.24) is 19.7 Å². The molecule has 0 amide bonds. The molecular formula is C18H11F2N5S. The van der Waals surface area contributed by atoms with Gasteiger partial charge in [-0.1, -0.05) is 0 Å². The van der Waals surface area contributed by atoms with Gasteiger partial charge in [0.05, 0.1) is 28.7 Å². The third-order valence-electron chi connectivity index (χ3n) is 3.88. The molecule has 0 aliphatic carbocycles. The summed E-state index contributed by atoms with van der Waals surface area (Å²) in [6, 6.07) is 8.82. The monoisotopic (exact) mass is 367 g/mol. The van der Waals surface area contributed by atoms with Crippen molar-refractivity contribution in [3.8, 4) is 16.5 Å². The number of nitrogens with zero attached hydrogens (tertiary/aromatic N) is 5. The van der Waals surface area contributed by atoms with Crippen molar-refractivity contribution in [2.75, 3.05) is 0 Å². The van der Waals surface area contributed by atoms with E-state index in [0.29, 0.717) is 17.6 Å². The first-order valence-electron chi connectivity index (χ1n) is 7.68. The second-order valence-corrected chi connectivity index (χ2v) is 6.74. The van der Waals surface area contributed by atoms with E-state index in [0.717, 1.165) is 32.9 Å². The summed E-state index contributed by atoms with van der Waals surface area (Å²) in [5.41, 5.74) is 3.59. The van der Waals surface area contributed by atoms with Crippen LogP contribution in [0.4, 0.5) is 8.78 Å². The fraction of sp³-hybridized carbons (Fsp3) is 0.111. The number of hydrogen-bond donors (Lipinski definition) is 0. The van der Waals surface area contributed by atoms with Crippen molar-refractivity contribution in [2.45, 2.75) is 13.0 Å². The zero-order valence-electron chi connectivity index (χ0n) is 13.3. The molecule has 4 aromatic rings. The second kappa shape index (κ2) is 6.61. The van der Waals surface area contributed by atoms with Gasteiger partial charge in [-0.05, 0) is 29.8 Å². The lowest BCUT2D eigenvalue weighted by Gasteiger charge is -2.05. The quantitative estimate of drug-likeness (QED) is 0.536. The van der Waals surface area contributed by atoms with Crippen LogP contribution in [-0.2, 0) is 6.54 Å². The zero-order valence-corrected chi connectivity index (χ0v) is 14.1. The molecule has 8 heteroatoms. The molecular weight excluding hydrogens is 356 g/mol. The molecule has 0 radical (unpaired) electrons. The lowest BCUT2D eigenvalue weighted by atomic mass is 10.2.